The van der Waals surface area contributed by atoms with Crippen LogP contribution in [0.15, 0.2) is 17.6 Å². The number of aryl methyl sites for hydroxylation is 3. The van der Waals surface area contributed by atoms with E-state index in [4.69, 9.17) is 4.74 Å². The first-order chi connectivity index (χ1) is 11.4. The molecule has 1 N–H and O–H groups in total. The Kier molecular flexibility index (Phi) is 4.41. The molecule has 3 heterocycles. The zero-order valence-corrected chi connectivity index (χ0v) is 14.7. The molecule has 0 saturated carbocycles. The molecule has 2 aromatic heterocycles. The van der Waals surface area contributed by atoms with Crippen molar-refractivity contribution in [2.24, 2.45) is 7.05 Å². The Morgan fingerprint density at radius 2 is 1.79 bits per heavy atom. The normalized spacial score (nSPS) is 15.5. The fourth-order valence-electron chi connectivity index (χ4n) is 2.47. The summed E-state index contributed by atoms with van der Waals surface area (Å²) in [5.74, 6) is 0.592. The number of anilines is 2. The van der Waals surface area contributed by atoms with E-state index in [1.165, 1.54) is 12.5 Å². The van der Waals surface area contributed by atoms with Crippen molar-refractivity contribution in [3.05, 3.63) is 23.9 Å². The van der Waals surface area contributed by atoms with Crippen molar-refractivity contribution in [2.45, 2.75) is 18.9 Å². The highest BCUT2D eigenvalue weighted by molar-refractivity contribution is 7.92. The third-order valence-corrected chi connectivity index (χ3v) is 4.98. The lowest BCUT2D eigenvalue weighted by Gasteiger charge is -2.27. The molecule has 0 aromatic carbocycles. The number of nitrogens with one attached hydrogen (secondary N) is 1. The van der Waals surface area contributed by atoms with E-state index in [1.54, 1.807) is 25.5 Å². The van der Waals surface area contributed by atoms with Gasteiger partial charge < -0.3 is 14.2 Å². The van der Waals surface area contributed by atoms with E-state index in [1.807, 2.05) is 4.90 Å². The third kappa shape index (κ3) is 3.34. The summed E-state index contributed by atoms with van der Waals surface area (Å²) in [4.78, 5) is 14.8. The van der Waals surface area contributed by atoms with Crippen LogP contribution in [0.2, 0.25) is 0 Å². The molecule has 0 atom stereocenters. The predicted octanol–water partition coefficient (Wildman–Crippen LogP) is 0.464. The van der Waals surface area contributed by atoms with E-state index in [-0.39, 0.29) is 5.03 Å². The molecule has 0 unspecified atom stereocenters. The maximum absolute atomic E-state index is 12.4. The minimum Gasteiger partial charge on any atom is -0.378 e. The summed E-state index contributed by atoms with van der Waals surface area (Å²) in [6.07, 6.45) is 2.88. The van der Waals surface area contributed by atoms with Crippen LogP contribution >= 0.6 is 0 Å². The fraction of sp³-hybridized carbons (Fsp3) is 0.500. The number of morpholine rings is 1. The lowest BCUT2D eigenvalue weighted by Crippen LogP contribution is -2.37. The molecule has 1 aliphatic rings. The van der Waals surface area contributed by atoms with Gasteiger partial charge in [-0.3, -0.25) is 4.72 Å². The molecule has 0 spiro atoms. The van der Waals surface area contributed by atoms with Gasteiger partial charge >= 0.3 is 0 Å². The summed E-state index contributed by atoms with van der Waals surface area (Å²) < 4.78 is 34.3. The van der Waals surface area contributed by atoms with Crippen molar-refractivity contribution in [2.75, 3.05) is 35.9 Å². The average Bonchev–Trinajstić information content (AvgIpc) is 2.99. The zero-order chi connectivity index (χ0) is 17.3. The molecular weight excluding hydrogens is 332 g/mol. The van der Waals surface area contributed by atoms with Crippen molar-refractivity contribution in [1.29, 1.82) is 0 Å². The molecule has 0 aliphatic carbocycles. The molecule has 24 heavy (non-hydrogen) atoms. The van der Waals surface area contributed by atoms with E-state index in [0.717, 1.165) is 13.1 Å². The molecule has 0 radical (unpaired) electrons. The molecule has 1 fully saturated rings. The number of hydrogen-bond donors (Lipinski definition) is 1. The molecule has 0 amide bonds. The van der Waals surface area contributed by atoms with Crippen LogP contribution in [0.5, 0.6) is 0 Å². The maximum Gasteiger partial charge on any atom is 0.281 e. The topological polar surface area (TPSA) is 102 Å². The SMILES string of the molecule is Cc1nc(N2CCOCC2)nc(C)c1NS(=O)(=O)c1cn(C)cn1. The summed E-state index contributed by atoms with van der Waals surface area (Å²) in [5, 5.41) is -0.0407. The Morgan fingerprint density at radius 1 is 1.17 bits per heavy atom. The second kappa shape index (κ2) is 6.36. The molecule has 1 saturated heterocycles. The van der Waals surface area contributed by atoms with Crippen LogP contribution in [0.3, 0.4) is 0 Å². The molecule has 0 bridgehead atoms. The Morgan fingerprint density at radius 3 is 2.33 bits per heavy atom. The van der Waals surface area contributed by atoms with Crippen LogP contribution < -0.4 is 9.62 Å². The number of aromatic nitrogens is 4. The van der Waals surface area contributed by atoms with Crippen molar-refractivity contribution in [3.8, 4) is 0 Å². The van der Waals surface area contributed by atoms with Crippen LogP contribution in [0.25, 0.3) is 0 Å². The van der Waals surface area contributed by atoms with Crippen LogP contribution in [-0.2, 0) is 21.8 Å². The molecule has 9 nitrogen and oxygen atoms in total. The molecular formula is C14H20N6O3S. The second-order valence-electron chi connectivity index (χ2n) is 5.65. The van der Waals surface area contributed by atoms with E-state index >= 15 is 0 Å². The van der Waals surface area contributed by atoms with Gasteiger partial charge in [-0.15, -0.1) is 0 Å². The molecule has 2 aromatic rings. The first kappa shape index (κ1) is 16.7. The van der Waals surface area contributed by atoms with E-state index < -0.39 is 10.0 Å². The van der Waals surface area contributed by atoms with Crippen LogP contribution in [0.1, 0.15) is 11.4 Å². The highest BCUT2D eigenvalue weighted by atomic mass is 32.2. The molecule has 10 heteroatoms. The van der Waals surface area contributed by atoms with Gasteiger partial charge in [0.1, 0.15) is 0 Å². The van der Waals surface area contributed by atoms with Crippen molar-refractivity contribution >= 4 is 21.7 Å². The number of nitrogens with zero attached hydrogens (tertiary/aromatic N) is 5. The summed E-state index contributed by atoms with van der Waals surface area (Å²) in [5.41, 5.74) is 1.53. The Bertz CT molecular complexity index is 819. The van der Waals surface area contributed by atoms with Gasteiger partial charge in [-0.1, -0.05) is 0 Å². The largest absolute Gasteiger partial charge is 0.378 e. The molecule has 3 rings (SSSR count). The molecule has 1 aliphatic heterocycles. The highest BCUT2D eigenvalue weighted by Gasteiger charge is 2.22. The summed E-state index contributed by atoms with van der Waals surface area (Å²) in [6.45, 7) is 6.23. The van der Waals surface area contributed by atoms with E-state index in [2.05, 4.69) is 19.7 Å². The first-order valence-electron chi connectivity index (χ1n) is 7.55. The van der Waals surface area contributed by atoms with Gasteiger partial charge in [-0.25, -0.2) is 15.0 Å². The Hall–Kier alpha value is -2.20. The van der Waals surface area contributed by atoms with Gasteiger partial charge in [0.05, 0.1) is 36.6 Å². The van der Waals surface area contributed by atoms with Gasteiger partial charge in [-0.05, 0) is 13.8 Å². The van der Waals surface area contributed by atoms with Gasteiger partial charge in [0.25, 0.3) is 10.0 Å². The monoisotopic (exact) mass is 352 g/mol. The van der Waals surface area contributed by atoms with Crippen molar-refractivity contribution in [1.82, 2.24) is 19.5 Å². The third-order valence-electron chi connectivity index (χ3n) is 3.75. The van der Waals surface area contributed by atoms with Gasteiger partial charge in [0, 0.05) is 26.3 Å². The Balaban J connectivity index is 1.88. The van der Waals surface area contributed by atoms with E-state index in [9.17, 15) is 8.42 Å². The van der Waals surface area contributed by atoms with Crippen LogP contribution in [-0.4, -0.2) is 54.2 Å². The van der Waals surface area contributed by atoms with Crippen molar-refractivity contribution < 1.29 is 13.2 Å². The lowest BCUT2D eigenvalue weighted by molar-refractivity contribution is 0.122. The first-order valence-corrected chi connectivity index (χ1v) is 9.04. The van der Waals surface area contributed by atoms with Gasteiger partial charge in [0.2, 0.25) is 5.95 Å². The van der Waals surface area contributed by atoms with Gasteiger partial charge in [0.15, 0.2) is 5.03 Å². The number of rotatable bonds is 4. The Labute approximate surface area is 140 Å². The van der Waals surface area contributed by atoms with Crippen molar-refractivity contribution in [3.63, 3.8) is 0 Å². The van der Waals surface area contributed by atoms with Crippen LogP contribution in [0, 0.1) is 13.8 Å². The summed E-state index contributed by atoms with van der Waals surface area (Å²) in [7, 11) is -2.06. The van der Waals surface area contributed by atoms with E-state index in [0.29, 0.717) is 36.2 Å². The molecule has 130 valence electrons. The average molecular weight is 352 g/mol. The number of imidazole rings is 1. The minimum atomic E-state index is -3.77. The quantitative estimate of drug-likeness (QED) is 0.853. The summed E-state index contributed by atoms with van der Waals surface area (Å²) in [6, 6.07) is 0. The number of hydrogen-bond acceptors (Lipinski definition) is 7. The zero-order valence-electron chi connectivity index (χ0n) is 13.9. The maximum atomic E-state index is 12.4. The number of sulfonamides is 1. The fourth-order valence-corrected chi connectivity index (χ4v) is 3.63. The minimum absolute atomic E-state index is 0.0407. The number of ether oxygens (including phenoxy) is 1. The highest BCUT2D eigenvalue weighted by Crippen LogP contribution is 2.23. The lowest BCUT2D eigenvalue weighted by atomic mass is 10.3. The standard InChI is InChI=1S/C14H20N6O3S/c1-10-13(18-24(21,22)12-8-19(3)9-15-12)11(2)17-14(16-10)20-4-6-23-7-5-20/h8-9,18H,4-7H2,1-3H3. The van der Waals surface area contributed by atoms with Crippen LogP contribution in [0.4, 0.5) is 11.6 Å². The van der Waals surface area contributed by atoms with Gasteiger partial charge in [-0.2, -0.15) is 8.42 Å². The summed E-state index contributed by atoms with van der Waals surface area (Å²) >= 11 is 0. The second-order valence-corrected chi connectivity index (χ2v) is 7.28. The smallest absolute Gasteiger partial charge is 0.281 e. The predicted molar refractivity (Wildman–Crippen MR) is 88.6 cm³/mol.